The first-order valence-corrected chi connectivity index (χ1v) is 12.5. The molecule has 1 aliphatic heterocycles. The molecule has 2 N–H and O–H groups in total. The second-order valence-corrected chi connectivity index (χ2v) is 9.71. The molecule has 1 fully saturated rings. The molecule has 164 valence electrons. The Labute approximate surface area is 185 Å². The number of aromatic nitrogens is 2. The molecule has 3 aromatic rings. The number of primary sulfonamides is 1. The second-order valence-electron chi connectivity index (χ2n) is 7.06. The summed E-state index contributed by atoms with van der Waals surface area (Å²) < 4.78 is 33.8. The van der Waals surface area contributed by atoms with E-state index in [1.165, 1.54) is 12.1 Å². The maximum atomic E-state index is 11.3. The average molecular weight is 461 g/mol. The lowest BCUT2D eigenvalue weighted by Crippen LogP contribution is -2.36. The van der Waals surface area contributed by atoms with E-state index in [9.17, 15) is 8.42 Å². The van der Waals surface area contributed by atoms with Crippen molar-refractivity contribution in [2.75, 3.05) is 38.7 Å². The Bertz CT molecular complexity index is 1130. The minimum atomic E-state index is -3.70. The van der Waals surface area contributed by atoms with Gasteiger partial charge in [-0.25, -0.2) is 23.5 Å². The molecule has 0 amide bonds. The van der Waals surface area contributed by atoms with Crippen LogP contribution in [0.4, 0.5) is 0 Å². The fraction of sp³-hybridized carbons (Fsp3) is 0.333. The number of fused-ring (bicyclic) bond motifs is 1. The Morgan fingerprint density at radius 1 is 1.06 bits per heavy atom. The van der Waals surface area contributed by atoms with Gasteiger partial charge in [-0.2, -0.15) is 0 Å². The summed E-state index contributed by atoms with van der Waals surface area (Å²) in [5.74, 6) is 2.09. The molecule has 10 heteroatoms. The highest BCUT2D eigenvalue weighted by molar-refractivity contribution is 7.99. The molecule has 0 atom stereocenters. The zero-order valence-corrected chi connectivity index (χ0v) is 18.6. The van der Waals surface area contributed by atoms with E-state index in [0.29, 0.717) is 24.7 Å². The van der Waals surface area contributed by atoms with Gasteiger partial charge in [-0.3, -0.25) is 4.90 Å². The Morgan fingerprint density at radius 2 is 1.81 bits per heavy atom. The van der Waals surface area contributed by atoms with Crippen molar-refractivity contribution in [3.63, 3.8) is 0 Å². The number of para-hydroxylation sites is 1. The third-order valence-electron chi connectivity index (χ3n) is 4.83. The number of morpholine rings is 1. The van der Waals surface area contributed by atoms with Crippen LogP contribution in [-0.4, -0.2) is 61.9 Å². The molecule has 31 heavy (non-hydrogen) atoms. The van der Waals surface area contributed by atoms with Gasteiger partial charge in [0, 0.05) is 24.2 Å². The van der Waals surface area contributed by atoms with Gasteiger partial charge in [0.05, 0.1) is 36.8 Å². The maximum Gasteiger partial charge on any atom is 0.238 e. The van der Waals surface area contributed by atoms with Crippen LogP contribution in [0.3, 0.4) is 0 Å². The van der Waals surface area contributed by atoms with Gasteiger partial charge in [-0.15, -0.1) is 11.8 Å². The monoisotopic (exact) mass is 460 g/mol. The summed E-state index contributed by atoms with van der Waals surface area (Å²) in [6.07, 6.45) is 0. The first-order chi connectivity index (χ1) is 15.0. The lowest BCUT2D eigenvalue weighted by atomic mass is 10.2. The van der Waals surface area contributed by atoms with Crippen LogP contribution in [0, 0.1) is 0 Å². The van der Waals surface area contributed by atoms with Crippen LogP contribution in [0.2, 0.25) is 0 Å². The molecular weight excluding hydrogens is 436 g/mol. The lowest BCUT2D eigenvalue weighted by Gasteiger charge is -2.25. The first kappa shape index (κ1) is 22.0. The van der Waals surface area contributed by atoms with Crippen molar-refractivity contribution in [2.24, 2.45) is 5.14 Å². The highest BCUT2D eigenvalue weighted by Crippen LogP contribution is 2.26. The number of nitrogens with zero attached hydrogens (tertiary/aromatic N) is 3. The molecule has 2 aromatic carbocycles. The van der Waals surface area contributed by atoms with Crippen LogP contribution in [0.25, 0.3) is 10.9 Å². The van der Waals surface area contributed by atoms with Crippen molar-refractivity contribution in [1.82, 2.24) is 14.9 Å². The molecule has 1 aromatic heterocycles. The van der Waals surface area contributed by atoms with Crippen LogP contribution in [0.5, 0.6) is 5.75 Å². The summed E-state index contributed by atoms with van der Waals surface area (Å²) in [5.41, 5.74) is 0.933. The van der Waals surface area contributed by atoms with Crippen molar-refractivity contribution in [3.05, 3.63) is 54.4 Å². The van der Waals surface area contributed by atoms with Gasteiger partial charge in [-0.05, 0) is 30.3 Å². The normalized spacial score (nSPS) is 15.3. The molecule has 0 bridgehead atoms. The molecule has 8 nitrogen and oxygen atoms in total. The number of sulfonamides is 1. The van der Waals surface area contributed by atoms with Gasteiger partial charge in [0.2, 0.25) is 10.0 Å². The molecule has 0 saturated carbocycles. The Balaban J connectivity index is 1.40. The minimum Gasteiger partial charge on any atom is -0.493 e. The van der Waals surface area contributed by atoms with E-state index < -0.39 is 10.0 Å². The van der Waals surface area contributed by atoms with E-state index in [0.717, 1.165) is 48.1 Å². The van der Waals surface area contributed by atoms with E-state index >= 15 is 0 Å². The molecular formula is C21H24N4O4S2. The fourth-order valence-corrected chi connectivity index (χ4v) is 4.63. The van der Waals surface area contributed by atoms with Gasteiger partial charge in [0.1, 0.15) is 16.6 Å². The molecule has 0 unspecified atom stereocenters. The molecule has 0 spiro atoms. The maximum absolute atomic E-state index is 11.3. The Kier molecular flexibility index (Phi) is 7.03. The van der Waals surface area contributed by atoms with Crippen molar-refractivity contribution in [2.45, 2.75) is 16.5 Å². The third-order valence-corrected chi connectivity index (χ3v) is 6.71. The smallest absolute Gasteiger partial charge is 0.238 e. The number of hydrogen-bond acceptors (Lipinski definition) is 8. The molecule has 2 heterocycles. The van der Waals surface area contributed by atoms with Gasteiger partial charge in [0.25, 0.3) is 0 Å². The zero-order chi connectivity index (χ0) is 21.7. The van der Waals surface area contributed by atoms with Crippen molar-refractivity contribution < 1.29 is 17.9 Å². The van der Waals surface area contributed by atoms with E-state index in [1.54, 1.807) is 23.9 Å². The largest absolute Gasteiger partial charge is 0.493 e. The average Bonchev–Trinajstić information content (AvgIpc) is 2.77. The van der Waals surface area contributed by atoms with E-state index in [1.807, 2.05) is 24.3 Å². The van der Waals surface area contributed by atoms with Crippen LogP contribution in [-0.2, 0) is 21.3 Å². The Morgan fingerprint density at radius 3 is 2.55 bits per heavy atom. The molecule has 0 radical (unpaired) electrons. The number of nitrogens with two attached hydrogens (primary N) is 1. The number of hydrogen-bond donors (Lipinski definition) is 1. The summed E-state index contributed by atoms with van der Waals surface area (Å²) in [5, 5.41) is 7.07. The standard InChI is InChI=1S/C21H24N4O4S2/c22-31(26,27)17-7-5-16(6-8-17)29-13-14-30-21-18-3-1-2-4-19(18)23-20(24-21)15-25-9-11-28-12-10-25/h1-8H,9-15H2,(H2,22,26,27). The molecule has 1 saturated heterocycles. The van der Waals surface area contributed by atoms with Crippen LogP contribution < -0.4 is 9.88 Å². The number of benzene rings is 2. The van der Waals surface area contributed by atoms with Gasteiger partial charge in [0.15, 0.2) is 0 Å². The highest BCUT2D eigenvalue weighted by Gasteiger charge is 2.15. The molecule has 4 rings (SSSR count). The number of ether oxygens (including phenoxy) is 2. The topological polar surface area (TPSA) is 108 Å². The first-order valence-electron chi connectivity index (χ1n) is 9.93. The van der Waals surface area contributed by atoms with Gasteiger partial charge in [-0.1, -0.05) is 18.2 Å². The predicted octanol–water partition coefficient (Wildman–Crippen LogP) is 2.28. The SMILES string of the molecule is NS(=O)(=O)c1ccc(OCCSc2nc(CN3CCOCC3)nc3ccccc23)cc1. The highest BCUT2D eigenvalue weighted by atomic mass is 32.2. The molecule has 0 aliphatic carbocycles. The number of thioether (sulfide) groups is 1. The summed E-state index contributed by atoms with van der Waals surface area (Å²) in [4.78, 5) is 11.9. The van der Waals surface area contributed by atoms with Crippen molar-refractivity contribution >= 4 is 32.7 Å². The third kappa shape index (κ3) is 5.92. The van der Waals surface area contributed by atoms with E-state index in [2.05, 4.69) is 4.90 Å². The summed E-state index contributed by atoms with van der Waals surface area (Å²) in [6.45, 7) is 4.41. The summed E-state index contributed by atoms with van der Waals surface area (Å²) >= 11 is 1.62. The van der Waals surface area contributed by atoms with Gasteiger partial charge >= 0.3 is 0 Å². The van der Waals surface area contributed by atoms with Crippen LogP contribution in [0.15, 0.2) is 58.5 Å². The van der Waals surface area contributed by atoms with E-state index in [-0.39, 0.29) is 4.90 Å². The lowest BCUT2D eigenvalue weighted by molar-refractivity contribution is 0.0330. The van der Waals surface area contributed by atoms with E-state index in [4.69, 9.17) is 24.6 Å². The zero-order valence-electron chi connectivity index (χ0n) is 16.9. The number of rotatable bonds is 8. The molecule has 1 aliphatic rings. The quantitative estimate of drug-likeness (QED) is 0.310. The minimum absolute atomic E-state index is 0.0643. The predicted molar refractivity (Wildman–Crippen MR) is 120 cm³/mol. The van der Waals surface area contributed by atoms with Crippen molar-refractivity contribution in [3.8, 4) is 5.75 Å². The summed E-state index contributed by atoms with van der Waals surface area (Å²) in [6, 6.07) is 14.1. The second kappa shape index (κ2) is 9.92. The van der Waals surface area contributed by atoms with Crippen LogP contribution in [0.1, 0.15) is 5.82 Å². The fourth-order valence-electron chi connectivity index (χ4n) is 3.26. The van der Waals surface area contributed by atoms with Crippen LogP contribution >= 0.6 is 11.8 Å². The Hall–Kier alpha value is -2.24. The summed E-state index contributed by atoms with van der Waals surface area (Å²) in [7, 11) is -3.70. The van der Waals surface area contributed by atoms with Gasteiger partial charge < -0.3 is 9.47 Å². The van der Waals surface area contributed by atoms with Crippen molar-refractivity contribution in [1.29, 1.82) is 0 Å².